The molecule has 0 spiro atoms. The van der Waals surface area contributed by atoms with Crippen LogP contribution in [0.3, 0.4) is 0 Å². The van der Waals surface area contributed by atoms with E-state index in [1.165, 1.54) is 5.56 Å². The number of aryl methyl sites for hydroxylation is 1. The smallest absolute Gasteiger partial charge is 0.225 e. The van der Waals surface area contributed by atoms with Crippen LogP contribution in [0.15, 0.2) is 30.3 Å². The molecule has 3 nitrogen and oxygen atoms in total. The quantitative estimate of drug-likeness (QED) is 0.830. The number of amides is 1. The molecular formula is C16H21NO2. The lowest BCUT2D eigenvalue weighted by atomic mass is 10.1. The van der Waals surface area contributed by atoms with E-state index in [9.17, 15) is 4.79 Å². The monoisotopic (exact) mass is 259 g/mol. The lowest BCUT2D eigenvalue weighted by Gasteiger charge is -2.33. The minimum Gasteiger partial charge on any atom is -0.375 e. The van der Waals surface area contributed by atoms with E-state index in [1.807, 2.05) is 11.0 Å². The molecule has 0 aromatic heterocycles. The Labute approximate surface area is 114 Å². The topological polar surface area (TPSA) is 29.5 Å². The summed E-state index contributed by atoms with van der Waals surface area (Å²) in [6.07, 6.45) is 4.40. The standard InChI is InChI=1S/C16H21NO2/c18-16(14-7-8-14)17-10-11-19-15(12-17)9-6-13-4-2-1-3-5-13/h1-5,14-15H,6-12H2/t15-/m0/s1. The van der Waals surface area contributed by atoms with Gasteiger partial charge in [-0.25, -0.2) is 0 Å². The fraction of sp³-hybridized carbons (Fsp3) is 0.562. The summed E-state index contributed by atoms with van der Waals surface area (Å²) in [5.41, 5.74) is 1.34. The highest BCUT2D eigenvalue weighted by Crippen LogP contribution is 2.31. The number of ether oxygens (including phenoxy) is 1. The number of hydrogen-bond donors (Lipinski definition) is 0. The van der Waals surface area contributed by atoms with Crippen LogP contribution >= 0.6 is 0 Å². The molecule has 3 heteroatoms. The third-order valence-electron chi connectivity index (χ3n) is 3.97. The van der Waals surface area contributed by atoms with E-state index in [2.05, 4.69) is 24.3 Å². The van der Waals surface area contributed by atoms with Crippen molar-refractivity contribution in [3.63, 3.8) is 0 Å². The average Bonchev–Trinajstić information content (AvgIpc) is 3.30. The molecule has 1 saturated carbocycles. The summed E-state index contributed by atoms with van der Waals surface area (Å²) < 4.78 is 5.79. The summed E-state index contributed by atoms with van der Waals surface area (Å²) in [4.78, 5) is 14.1. The molecule has 1 aromatic carbocycles. The zero-order valence-electron chi connectivity index (χ0n) is 11.3. The highest BCUT2D eigenvalue weighted by Gasteiger charge is 2.35. The fourth-order valence-electron chi connectivity index (χ4n) is 2.65. The summed E-state index contributed by atoms with van der Waals surface area (Å²) in [6, 6.07) is 10.5. The van der Waals surface area contributed by atoms with Crippen molar-refractivity contribution in [2.24, 2.45) is 5.92 Å². The van der Waals surface area contributed by atoms with E-state index in [-0.39, 0.29) is 6.10 Å². The van der Waals surface area contributed by atoms with Gasteiger partial charge >= 0.3 is 0 Å². The van der Waals surface area contributed by atoms with E-state index >= 15 is 0 Å². The van der Waals surface area contributed by atoms with Gasteiger partial charge in [-0.05, 0) is 31.2 Å². The van der Waals surface area contributed by atoms with E-state index in [4.69, 9.17) is 4.74 Å². The highest BCUT2D eigenvalue weighted by atomic mass is 16.5. The maximum Gasteiger partial charge on any atom is 0.225 e. The summed E-state index contributed by atoms with van der Waals surface area (Å²) in [6.45, 7) is 2.25. The van der Waals surface area contributed by atoms with Crippen molar-refractivity contribution in [3.05, 3.63) is 35.9 Å². The third kappa shape index (κ3) is 3.35. The minimum absolute atomic E-state index is 0.205. The van der Waals surface area contributed by atoms with Crippen molar-refractivity contribution >= 4 is 5.91 Å². The molecular weight excluding hydrogens is 238 g/mol. The van der Waals surface area contributed by atoms with Crippen molar-refractivity contribution in [1.29, 1.82) is 0 Å². The second kappa shape index (κ2) is 5.74. The van der Waals surface area contributed by atoms with Crippen LogP contribution in [0.5, 0.6) is 0 Å². The van der Waals surface area contributed by atoms with Crippen LogP contribution in [0.1, 0.15) is 24.8 Å². The first-order valence-electron chi connectivity index (χ1n) is 7.27. The molecule has 1 aliphatic heterocycles. The lowest BCUT2D eigenvalue weighted by molar-refractivity contribution is -0.140. The van der Waals surface area contributed by atoms with Gasteiger partial charge < -0.3 is 9.64 Å². The molecule has 1 aliphatic carbocycles. The Bertz CT molecular complexity index is 428. The number of nitrogens with zero attached hydrogens (tertiary/aromatic N) is 1. The number of hydrogen-bond acceptors (Lipinski definition) is 2. The number of carbonyl (C=O) groups excluding carboxylic acids is 1. The number of morpholine rings is 1. The number of benzene rings is 1. The maximum atomic E-state index is 12.1. The minimum atomic E-state index is 0.205. The van der Waals surface area contributed by atoms with Crippen molar-refractivity contribution in [2.75, 3.05) is 19.7 Å². The van der Waals surface area contributed by atoms with Crippen LogP contribution in [0.4, 0.5) is 0 Å². The van der Waals surface area contributed by atoms with E-state index < -0.39 is 0 Å². The SMILES string of the molecule is O=C(C1CC1)N1CCO[C@@H](CCc2ccccc2)C1. The van der Waals surface area contributed by atoms with Gasteiger partial charge in [-0.15, -0.1) is 0 Å². The van der Waals surface area contributed by atoms with Gasteiger partial charge in [0.2, 0.25) is 5.91 Å². The molecule has 0 radical (unpaired) electrons. The second-order valence-electron chi connectivity index (χ2n) is 5.58. The summed E-state index contributed by atoms with van der Waals surface area (Å²) in [5, 5.41) is 0. The van der Waals surface area contributed by atoms with Crippen LogP contribution in [-0.4, -0.2) is 36.6 Å². The van der Waals surface area contributed by atoms with Gasteiger partial charge in [0.1, 0.15) is 0 Å². The summed E-state index contributed by atoms with van der Waals surface area (Å²) >= 11 is 0. The first-order valence-corrected chi connectivity index (χ1v) is 7.27. The Morgan fingerprint density at radius 3 is 2.79 bits per heavy atom. The van der Waals surface area contributed by atoms with Crippen LogP contribution in [0, 0.1) is 5.92 Å². The van der Waals surface area contributed by atoms with Gasteiger partial charge in [-0.1, -0.05) is 30.3 Å². The van der Waals surface area contributed by atoms with Crippen LogP contribution in [0.25, 0.3) is 0 Å². The Balaban J connectivity index is 1.49. The lowest BCUT2D eigenvalue weighted by Crippen LogP contribution is -2.46. The van der Waals surface area contributed by atoms with Gasteiger partial charge in [0.15, 0.2) is 0 Å². The number of rotatable bonds is 4. The maximum absolute atomic E-state index is 12.1. The Kier molecular flexibility index (Phi) is 3.83. The van der Waals surface area contributed by atoms with Gasteiger partial charge in [0.25, 0.3) is 0 Å². The van der Waals surface area contributed by atoms with Gasteiger partial charge in [-0.2, -0.15) is 0 Å². The molecule has 2 aliphatic rings. The molecule has 1 aromatic rings. The molecule has 3 rings (SSSR count). The molecule has 102 valence electrons. The van der Waals surface area contributed by atoms with E-state index in [0.29, 0.717) is 18.4 Å². The molecule has 0 bridgehead atoms. The van der Waals surface area contributed by atoms with Crippen molar-refractivity contribution < 1.29 is 9.53 Å². The number of carbonyl (C=O) groups is 1. The zero-order chi connectivity index (χ0) is 13.1. The Morgan fingerprint density at radius 2 is 2.05 bits per heavy atom. The van der Waals surface area contributed by atoms with Gasteiger partial charge in [0, 0.05) is 19.0 Å². The molecule has 0 unspecified atom stereocenters. The summed E-state index contributed by atoms with van der Waals surface area (Å²) in [7, 11) is 0. The van der Waals surface area contributed by atoms with Crippen molar-refractivity contribution in [2.45, 2.75) is 31.8 Å². The van der Waals surface area contributed by atoms with Crippen LogP contribution in [-0.2, 0) is 16.0 Å². The highest BCUT2D eigenvalue weighted by molar-refractivity contribution is 5.81. The summed E-state index contributed by atoms with van der Waals surface area (Å²) in [5.74, 6) is 0.681. The van der Waals surface area contributed by atoms with Crippen molar-refractivity contribution in [3.8, 4) is 0 Å². The molecule has 1 saturated heterocycles. The second-order valence-corrected chi connectivity index (χ2v) is 5.58. The molecule has 1 heterocycles. The zero-order valence-corrected chi connectivity index (χ0v) is 11.3. The predicted molar refractivity (Wildman–Crippen MR) is 73.8 cm³/mol. The van der Waals surface area contributed by atoms with Gasteiger partial charge in [-0.3, -0.25) is 4.79 Å². The largest absolute Gasteiger partial charge is 0.375 e. The Morgan fingerprint density at radius 1 is 1.26 bits per heavy atom. The van der Waals surface area contributed by atoms with Crippen LogP contribution in [0.2, 0.25) is 0 Å². The fourth-order valence-corrected chi connectivity index (χ4v) is 2.65. The molecule has 1 atom stereocenters. The normalized spacial score (nSPS) is 23.4. The molecule has 19 heavy (non-hydrogen) atoms. The molecule has 1 amide bonds. The first-order chi connectivity index (χ1) is 9.33. The van der Waals surface area contributed by atoms with Crippen molar-refractivity contribution in [1.82, 2.24) is 4.90 Å². The van der Waals surface area contributed by atoms with Crippen LogP contribution < -0.4 is 0 Å². The van der Waals surface area contributed by atoms with Gasteiger partial charge in [0.05, 0.1) is 12.7 Å². The predicted octanol–water partition coefficient (Wildman–Crippen LogP) is 2.26. The molecule has 2 fully saturated rings. The third-order valence-corrected chi connectivity index (χ3v) is 3.97. The molecule has 0 N–H and O–H groups in total. The van der Waals surface area contributed by atoms with E-state index in [1.54, 1.807) is 0 Å². The Hall–Kier alpha value is -1.35. The average molecular weight is 259 g/mol. The first kappa shape index (κ1) is 12.7. The van der Waals surface area contributed by atoms with E-state index in [0.717, 1.165) is 38.8 Å².